The van der Waals surface area contributed by atoms with Crippen molar-refractivity contribution in [1.29, 1.82) is 0 Å². The minimum absolute atomic E-state index is 0.0802. The Bertz CT molecular complexity index is 640. The van der Waals surface area contributed by atoms with Gasteiger partial charge in [0.1, 0.15) is 6.10 Å². The van der Waals surface area contributed by atoms with Crippen molar-refractivity contribution in [3.05, 3.63) is 60.2 Å². The van der Waals surface area contributed by atoms with Crippen molar-refractivity contribution < 1.29 is 14.2 Å². The van der Waals surface area contributed by atoms with Crippen LogP contribution in [-0.4, -0.2) is 32.4 Å². The van der Waals surface area contributed by atoms with Crippen LogP contribution in [-0.2, 0) is 10.3 Å². The number of nitrogens with one attached hydrogen (secondary N) is 1. The second-order valence-electron chi connectivity index (χ2n) is 6.02. The summed E-state index contributed by atoms with van der Waals surface area (Å²) in [6, 6.07) is 18.0. The highest BCUT2D eigenvalue weighted by Gasteiger charge is 2.40. The van der Waals surface area contributed by atoms with Crippen LogP contribution in [0.15, 0.2) is 54.6 Å². The van der Waals surface area contributed by atoms with E-state index in [1.807, 2.05) is 49.4 Å². The van der Waals surface area contributed by atoms with Gasteiger partial charge < -0.3 is 19.5 Å². The molecule has 2 atom stereocenters. The van der Waals surface area contributed by atoms with Crippen LogP contribution in [0.25, 0.3) is 0 Å². The Morgan fingerprint density at radius 2 is 1.79 bits per heavy atom. The van der Waals surface area contributed by atoms with E-state index in [1.54, 1.807) is 0 Å². The highest BCUT2D eigenvalue weighted by atomic mass is 16.6. The zero-order valence-electron chi connectivity index (χ0n) is 14.3. The summed E-state index contributed by atoms with van der Waals surface area (Å²) < 4.78 is 18.3. The van der Waals surface area contributed by atoms with Gasteiger partial charge in [-0.15, -0.1) is 0 Å². The van der Waals surface area contributed by atoms with Crippen LogP contribution in [0.4, 0.5) is 0 Å². The van der Waals surface area contributed by atoms with Crippen molar-refractivity contribution >= 4 is 0 Å². The van der Waals surface area contributed by atoms with Crippen molar-refractivity contribution in [2.75, 3.05) is 26.3 Å². The van der Waals surface area contributed by atoms with Crippen LogP contribution in [0.5, 0.6) is 11.5 Å². The maximum atomic E-state index is 6.52. The lowest BCUT2D eigenvalue weighted by molar-refractivity contribution is -0.0999. The molecule has 0 spiro atoms. The predicted octanol–water partition coefficient (Wildman–Crippen LogP) is 3.37. The number of hydrogen-bond donors (Lipinski definition) is 1. The number of rotatable bonds is 6. The minimum atomic E-state index is -0.609. The number of para-hydroxylation sites is 2. The largest absolute Gasteiger partial charge is 0.490 e. The Morgan fingerprint density at radius 1 is 1.08 bits per heavy atom. The lowest BCUT2D eigenvalue weighted by Gasteiger charge is -2.40. The van der Waals surface area contributed by atoms with Gasteiger partial charge in [0.05, 0.1) is 13.2 Å². The van der Waals surface area contributed by atoms with E-state index < -0.39 is 5.60 Å². The molecule has 0 aliphatic carbocycles. The molecule has 1 fully saturated rings. The Hall–Kier alpha value is -2.04. The molecule has 1 saturated heterocycles. The summed E-state index contributed by atoms with van der Waals surface area (Å²) in [6.07, 6.45) is -0.0802. The van der Waals surface area contributed by atoms with Crippen LogP contribution in [0, 0.1) is 0 Å². The molecule has 128 valence electrons. The quantitative estimate of drug-likeness (QED) is 0.883. The number of benzene rings is 2. The average molecular weight is 327 g/mol. The molecule has 2 aromatic rings. The van der Waals surface area contributed by atoms with E-state index in [0.717, 1.165) is 30.2 Å². The molecule has 0 bridgehead atoms. The lowest BCUT2D eigenvalue weighted by atomic mass is 9.88. The molecule has 4 heteroatoms. The second-order valence-corrected chi connectivity index (χ2v) is 6.02. The van der Waals surface area contributed by atoms with Crippen molar-refractivity contribution in [2.24, 2.45) is 0 Å². The Balaban J connectivity index is 1.96. The molecule has 2 aromatic carbocycles. The van der Waals surface area contributed by atoms with Gasteiger partial charge in [0.2, 0.25) is 0 Å². The van der Waals surface area contributed by atoms with Crippen LogP contribution >= 0.6 is 0 Å². The summed E-state index contributed by atoms with van der Waals surface area (Å²) in [6.45, 7) is 6.97. The first-order valence-corrected chi connectivity index (χ1v) is 8.52. The smallest absolute Gasteiger partial charge is 0.162 e. The minimum Gasteiger partial charge on any atom is -0.490 e. The first kappa shape index (κ1) is 16.8. The van der Waals surface area contributed by atoms with Crippen LogP contribution < -0.4 is 14.8 Å². The summed E-state index contributed by atoms with van der Waals surface area (Å²) in [5.41, 5.74) is 0.479. The molecule has 3 rings (SSSR count). The molecule has 0 radical (unpaired) electrons. The van der Waals surface area contributed by atoms with E-state index in [9.17, 15) is 0 Å². The fraction of sp³-hybridized carbons (Fsp3) is 0.400. The number of morpholine rings is 1. The maximum Gasteiger partial charge on any atom is 0.162 e. The van der Waals surface area contributed by atoms with Gasteiger partial charge in [0.25, 0.3) is 0 Å². The van der Waals surface area contributed by atoms with Crippen molar-refractivity contribution in [1.82, 2.24) is 5.32 Å². The molecule has 24 heavy (non-hydrogen) atoms. The van der Waals surface area contributed by atoms with E-state index in [4.69, 9.17) is 14.2 Å². The molecule has 0 unspecified atom stereocenters. The average Bonchev–Trinajstić information content (AvgIpc) is 2.65. The van der Waals surface area contributed by atoms with Crippen LogP contribution in [0.3, 0.4) is 0 Å². The van der Waals surface area contributed by atoms with E-state index in [1.165, 1.54) is 0 Å². The third-order valence-corrected chi connectivity index (χ3v) is 4.36. The van der Waals surface area contributed by atoms with Gasteiger partial charge in [-0.05, 0) is 31.5 Å². The Kier molecular flexibility index (Phi) is 5.38. The normalized spacial score (nSPS) is 20.2. The van der Waals surface area contributed by atoms with Gasteiger partial charge in [-0.25, -0.2) is 0 Å². The molecule has 0 saturated carbocycles. The Labute approximate surface area is 143 Å². The molecule has 1 aliphatic heterocycles. The SMILES string of the molecule is CCOc1ccccc1O[C@](C)(c1ccccc1)[C@H]1CNCCO1. The topological polar surface area (TPSA) is 39.7 Å². The Morgan fingerprint density at radius 3 is 2.46 bits per heavy atom. The monoisotopic (exact) mass is 327 g/mol. The fourth-order valence-electron chi connectivity index (χ4n) is 3.04. The zero-order chi connectivity index (χ0) is 16.8. The van der Waals surface area contributed by atoms with Gasteiger partial charge in [0, 0.05) is 13.1 Å². The summed E-state index contributed by atoms with van der Waals surface area (Å²) >= 11 is 0. The summed E-state index contributed by atoms with van der Waals surface area (Å²) in [5.74, 6) is 1.49. The molecule has 1 heterocycles. The van der Waals surface area contributed by atoms with Gasteiger partial charge in [-0.3, -0.25) is 0 Å². The molecule has 1 aliphatic rings. The van der Waals surface area contributed by atoms with E-state index in [0.29, 0.717) is 13.2 Å². The summed E-state index contributed by atoms with van der Waals surface area (Å²) in [4.78, 5) is 0. The fourth-order valence-corrected chi connectivity index (χ4v) is 3.04. The van der Waals surface area contributed by atoms with Gasteiger partial charge in [-0.2, -0.15) is 0 Å². The summed E-state index contributed by atoms with van der Waals surface area (Å²) in [7, 11) is 0. The maximum absolute atomic E-state index is 6.52. The first-order chi connectivity index (χ1) is 11.7. The standard InChI is InChI=1S/C20H25NO3/c1-3-22-17-11-7-8-12-18(17)24-20(2,16-9-5-4-6-10-16)19-15-21-13-14-23-19/h4-12,19,21H,3,13-15H2,1-2H3/t19-,20-/m1/s1. The second kappa shape index (κ2) is 7.69. The van der Waals surface area contributed by atoms with Crippen molar-refractivity contribution in [2.45, 2.75) is 25.6 Å². The highest BCUT2D eigenvalue weighted by molar-refractivity contribution is 5.41. The summed E-state index contributed by atoms with van der Waals surface area (Å²) in [5, 5.41) is 3.40. The number of hydrogen-bond acceptors (Lipinski definition) is 4. The van der Waals surface area contributed by atoms with E-state index in [2.05, 4.69) is 24.4 Å². The van der Waals surface area contributed by atoms with Gasteiger partial charge in [-0.1, -0.05) is 42.5 Å². The molecular weight excluding hydrogens is 302 g/mol. The van der Waals surface area contributed by atoms with Crippen LogP contribution in [0.1, 0.15) is 19.4 Å². The molecular formula is C20H25NO3. The molecule has 0 aromatic heterocycles. The van der Waals surface area contributed by atoms with Crippen LogP contribution in [0.2, 0.25) is 0 Å². The third-order valence-electron chi connectivity index (χ3n) is 4.36. The molecule has 1 N–H and O–H groups in total. The van der Waals surface area contributed by atoms with Crippen molar-refractivity contribution in [3.63, 3.8) is 0 Å². The van der Waals surface area contributed by atoms with E-state index >= 15 is 0 Å². The predicted molar refractivity (Wildman–Crippen MR) is 94.6 cm³/mol. The van der Waals surface area contributed by atoms with Crippen molar-refractivity contribution in [3.8, 4) is 11.5 Å². The highest BCUT2D eigenvalue weighted by Crippen LogP contribution is 2.37. The van der Waals surface area contributed by atoms with E-state index in [-0.39, 0.29) is 6.10 Å². The zero-order valence-corrected chi connectivity index (χ0v) is 14.3. The van der Waals surface area contributed by atoms with Gasteiger partial charge >= 0.3 is 0 Å². The van der Waals surface area contributed by atoms with Gasteiger partial charge in [0.15, 0.2) is 17.1 Å². The third kappa shape index (κ3) is 3.55. The molecule has 0 amide bonds. The lowest BCUT2D eigenvalue weighted by Crippen LogP contribution is -2.52. The first-order valence-electron chi connectivity index (χ1n) is 8.52. The number of ether oxygens (including phenoxy) is 3. The molecule has 4 nitrogen and oxygen atoms in total.